The third kappa shape index (κ3) is 3.27. The van der Waals surface area contributed by atoms with E-state index in [1.807, 2.05) is 0 Å². The minimum absolute atomic E-state index is 0.00874. The number of nitrogens with one attached hydrogen (secondary N) is 1. The summed E-state index contributed by atoms with van der Waals surface area (Å²) in [6, 6.07) is 10.8. The summed E-state index contributed by atoms with van der Waals surface area (Å²) in [6.45, 7) is 1.41. The molecular formula is C18H16N2O5. The number of carboxylic acid groups (broad SMARTS) is 1. The normalized spacial score (nSPS) is 16.6. The van der Waals surface area contributed by atoms with E-state index in [-0.39, 0.29) is 17.3 Å². The molecule has 2 N–H and O–H groups in total. The van der Waals surface area contributed by atoms with Crippen molar-refractivity contribution in [1.82, 2.24) is 5.32 Å². The SMILES string of the molecule is O=C(O)c1ccc(-c2ccccc2C(=O)C2CCNC2)cc1[N+](=O)[O-]. The van der Waals surface area contributed by atoms with Crippen molar-refractivity contribution >= 4 is 17.4 Å². The summed E-state index contributed by atoms with van der Waals surface area (Å²) in [7, 11) is 0. The first-order valence-electron chi connectivity index (χ1n) is 7.85. The monoisotopic (exact) mass is 340 g/mol. The van der Waals surface area contributed by atoms with Crippen LogP contribution in [0.25, 0.3) is 11.1 Å². The molecule has 2 aromatic carbocycles. The van der Waals surface area contributed by atoms with E-state index in [9.17, 15) is 19.7 Å². The summed E-state index contributed by atoms with van der Waals surface area (Å²) in [5.74, 6) is -1.49. The minimum Gasteiger partial charge on any atom is -0.477 e. The van der Waals surface area contributed by atoms with Crippen molar-refractivity contribution in [3.8, 4) is 11.1 Å². The number of aromatic carboxylic acids is 1. The Labute approximate surface area is 143 Å². The van der Waals surface area contributed by atoms with Crippen LogP contribution in [0.3, 0.4) is 0 Å². The summed E-state index contributed by atoms with van der Waals surface area (Å²) >= 11 is 0. The number of carbonyl (C=O) groups is 2. The van der Waals surface area contributed by atoms with Gasteiger partial charge in [-0.15, -0.1) is 0 Å². The molecule has 0 radical (unpaired) electrons. The second kappa shape index (κ2) is 6.82. The lowest BCUT2D eigenvalue weighted by Crippen LogP contribution is -2.18. The van der Waals surface area contributed by atoms with E-state index >= 15 is 0 Å². The van der Waals surface area contributed by atoms with Crippen LogP contribution in [-0.2, 0) is 0 Å². The number of nitrogens with zero attached hydrogens (tertiary/aromatic N) is 1. The molecule has 0 spiro atoms. The van der Waals surface area contributed by atoms with E-state index in [0.29, 0.717) is 23.2 Å². The molecule has 2 aromatic rings. The van der Waals surface area contributed by atoms with Gasteiger partial charge in [-0.1, -0.05) is 30.3 Å². The van der Waals surface area contributed by atoms with Gasteiger partial charge in [-0.3, -0.25) is 14.9 Å². The highest BCUT2D eigenvalue weighted by atomic mass is 16.6. The van der Waals surface area contributed by atoms with Crippen molar-refractivity contribution in [3.05, 3.63) is 63.7 Å². The number of ketones is 1. The largest absolute Gasteiger partial charge is 0.477 e. The van der Waals surface area contributed by atoms with Gasteiger partial charge in [-0.25, -0.2) is 4.79 Å². The molecule has 7 nitrogen and oxygen atoms in total. The zero-order valence-electron chi connectivity index (χ0n) is 13.3. The molecule has 0 aliphatic carbocycles. The first-order chi connectivity index (χ1) is 12.0. The molecule has 128 valence electrons. The van der Waals surface area contributed by atoms with E-state index in [2.05, 4.69) is 5.32 Å². The Morgan fingerprint density at radius 1 is 1.16 bits per heavy atom. The molecule has 0 amide bonds. The predicted octanol–water partition coefficient (Wildman–Crippen LogP) is 2.75. The van der Waals surface area contributed by atoms with Crippen molar-refractivity contribution < 1.29 is 19.6 Å². The Morgan fingerprint density at radius 2 is 1.92 bits per heavy atom. The molecule has 1 saturated heterocycles. The second-order valence-corrected chi connectivity index (χ2v) is 5.89. The lowest BCUT2D eigenvalue weighted by molar-refractivity contribution is -0.385. The lowest BCUT2D eigenvalue weighted by atomic mass is 9.90. The average molecular weight is 340 g/mol. The number of nitro benzene ring substituents is 1. The Balaban J connectivity index is 2.08. The molecule has 3 rings (SSSR count). The van der Waals surface area contributed by atoms with Crippen LogP contribution in [0, 0.1) is 16.0 Å². The van der Waals surface area contributed by atoms with Crippen LogP contribution in [0.2, 0.25) is 0 Å². The number of carbonyl (C=O) groups excluding carboxylic acids is 1. The first-order valence-corrected chi connectivity index (χ1v) is 7.85. The maximum absolute atomic E-state index is 12.8. The molecule has 7 heteroatoms. The van der Waals surface area contributed by atoms with Gasteiger partial charge in [-0.05, 0) is 30.2 Å². The van der Waals surface area contributed by atoms with Crippen LogP contribution in [-0.4, -0.2) is 34.9 Å². The van der Waals surface area contributed by atoms with Crippen LogP contribution in [0.5, 0.6) is 0 Å². The van der Waals surface area contributed by atoms with Crippen molar-refractivity contribution in [2.75, 3.05) is 13.1 Å². The van der Waals surface area contributed by atoms with Gasteiger partial charge in [0.2, 0.25) is 0 Å². The van der Waals surface area contributed by atoms with E-state index in [1.165, 1.54) is 18.2 Å². The number of carboxylic acids is 1. The van der Waals surface area contributed by atoms with E-state index < -0.39 is 16.6 Å². The molecular weight excluding hydrogens is 324 g/mol. The summed E-state index contributed by atoms with van der Waals surface area (Å²) in [5.41, 5.74) is 0.645. The van der Waals surface area contributed by atoms with Gasteiger partial charge in [0.05, 0.1) is 4.92 Å². The summed E-state index contributed by atoms with van der Waals surface area (Å²) in [6.07, 6.45) is 0.755. The molecule has 1 unspecified atom stereocenters. The molecule has 25 heavy (non-hydrogen) atoms. The minimum atomic E-state index is -1.36. The number of benzene rings is 2. The highest BCUT2D eigenvalue weighted by molar-refractivity contribution is 6.04. The van der Waals surface area contributed by atoms with Crippen LogP contribution < -0.4 is 5.32 Å². The smallest absolute Gasteiger partial charge is 0.342 e. The molecule has 1 fully saturated rings. The predicted molar refractivity (Wildman–Crippen MR) is 90.8 cm³/mol. The van der Waals surface area contributed by atoms with Gasteiger partial charge >= 0.3 is 5.97 Å². The van der Waals surface area contributed by atoms with Crippen molar-refractivity contribution in [2.45, 2.75) is 6.42 Å². The van der Waals surface area contributed by atoms with Crippen LogP contribution in [0.4, 0.5) is 5.69 Å². The molecule has 0 bridgehead atoms. The topological polar surface area (TPSA) is 110 Å². The van der Waals surface area contributed by atoms with Gasteiger partial charge in [0, 0.05) is 24.1 Å². The molecule has 1 heterocycles. The van der Waals surface area contributed by atoms with E-state index in [0.717, 1.165) is 13.0 Å². The number of hydrogen-bond acceptors (Lipinski definition) is 5. The Bertz CT molecular complexity index is 856. The Kier molecular flexibility index (Phi) is 4.58. The van der Waals surface area contributed by atoms with E-state index in [1.54, 1.807) is 24.3 Å². The quantitative estimate of drug-likeness (QED) is 0.492. The van der Waals surface area contributed by atoms with Gasteiger partial charge < -0.3 is 10.4 Å². The van der Waals surface area contributed by atoms with Gasteiger partial charge in [0.25, 0.3) is 5.69 Å². The first kappa shape index (κ1) is 16.8. The molecule has 1 atom stereocenters. The molecule has 1 aliphatic heterocycles. The third-order valence-corrected chi connectivity index (χ3v) is 4.36. The van der Waals surface area contributed by atoms with Crippen molar-refractivity contribution in [3.63, 3.8) is 0 Å². The molecule has 1 aliphatic rings. The van der Waals surface area contributed by atoms with Crippen LogP contribution >= 0.6 is 0 Å². The van der Waals surface area contributed by atoms with Gasteiger partial charge in [0.1, 0.15) is 5.56 Å². The van der Waals surface area contributed by atoms with Crippen LogP contribution in [0.15, 0.2) is 42.5 Å². The average Bonchev–Trinajstić information content (AvgIpc) is 3.15. The van der Waals surface area contributed by atoms with Crippen molar-refractivity contribution in [2.24, 2.45) is 5.92 Å². The molecule has 0 saturated carbocycles. The Morgan fingerprint density at radius 3 is 2.56 bits per heavy atom. The van der Waals surface area contributed by atoms with Crippen molar-refractivity contribution in [1.29, 1.82) is 0 Å². The maximum atomic E-state index is 12.8. The fourth-order valence-electron chi connectivity index (χ4n) is 3.08. The summed E-state index contributed by atoms with van der Waals surface area (Å²) < 4.78 is 0. The zero-order chi connectivity index (χ0) is 18.0. The maximum Gasteiger partial charge on any atom is 0.342 e. The standard InChI is InChI=1S/C18H16N2O5/c21-17(12-7-8-19-10-12)14-4-2-1-3-13(14)11-5-6-15(18(22)23)16(9-11)20(24)25/h1-6,9,12,19H,7-8,10H2,(H,22,23). The fourth-order valence-corrected chi connectivity index (χ4v) is 3.08. The summed E-state index contributed by atoms with van der Waals surface area (Å²) in [4.78, 5) is 34.4. The van der Waals surface area contributed by atoms with E-state index in [4.69, 9.17) is 5.11 Å². The highest BCUT2D eigenvalue weighted by Crippen LogP contribution is 2.31. The number of nitro groups is 1. The number of Topliss-reactive ketones (excluding diaryl/α,β-unsaturated/α-hetero) is 1. The lowest BCUT2D eigenvalue weighted by Gasteiger charge is -2.13. The highest BCUT2D eigenvalue weighted by Gasteiger charge is 2.26. The molecule has 0 aromatic heterocycles. The van der Waals surface area contributed by atoms with Gasteiger partial charge in [0.15, 0.2) is 5.78 Å². The fraction of sp³-hybridized carbons (Fsp3) is 0.222. The van der Waals surface area contributed by atoms with Gasteiger partial charge in [-0.2, -0.15) is 0 Å². The second-order valence-electron chi connectivity index (χ2n) is 5.89. The third-order valence-electron chi connectivity index (χ3n) is 4.36. The number of hydrogen-bond donors (Lipinski definition) is 2. The number of rotatable bonds is 5. The van der Waals surface area contributed by atoms with Crippen LogP contribution in [0.1, 0.15) is 27.1 Å². The zero-order valence-corrected chi connectivity index (χ0v) is 13.3. The summed E-state index contributed by atoms with van der Waals surface area (Å²) in [5, 5.41) is 23.5. The Hall–Kier alpha value is -3.06.